The highest BCUT2D eigenvalue weighted by atomic mass is 32.1. The number of carbonyl (C=O) groups excluding carboxylic acids is 1. The molecule has 0 unspecified atom stereocenters. The van der Waals surface area contributed by atoms with Crippen LogP contribution in [0.1, 0.15) is 33.8 Å². The Kier molecular flexibility index (Phi) is 5.20. The van der Waals surface area contributed by atoms with Crippen molar-refractivity contribution in [3.8, 4) is 0 Å². The number of piperazine rings is 1. The Bertz CT molecular complexity index is 992. The molecule has 2 aliphatic rings. The van der Waals surface area contributed by atoms with Gasteiger partial charge in [-0.05, 0) is 43.4 Å². The van der Waals surface area contributed by atoms with E-state index < -0.39 is 0 Å². The number of furan rings is 1. The molecular formula is C21H26N5O2S+. The molecule has 29 heavy (non-hydrogen) atoms. The van der Waals surface area contributed by atoms with Crippen LogP contribution in [-0.4, -0.2) is 55.1 Å². The fourth-order valence-electron chi connectivity index (χ4n) is 4.45. The van der Waals surface area contributed by atoms with Gasteiger partial charge in [0.15, 0.2) is 5.76 Å². The molecule has 0 radical (unpaired) electrons. The molecule has 7 nitrogen and oxygen atoms in total. The molecule has 1 aliphatic carbocycles. The number of aromatic nitrogens is 2. The van der Waals surface area contributed by atoms with E-state index in [2.05, 4.69) is 15.2 Å². The van der Waals surface area contributed by atoms with Crippen LogP contribution < -0.4 is 15.1 Å². The fourth-order valence-corrected chi connectivity index (χ4v) is 5.67. The van der Waals surface area contributed by atoms with E-state index in [0.29, 0.717) is 12.3 Å². The predicted octanol–water partition coefficient (Wildman–Crippen LogP) is 1.30. The Hall–Kier alpha value is -2.45. The summed E-state index contributed by atoms with van der Waals surface area (Å²) in [7, 11) is 0. The van der Waals surface area contributed by atoms with E-state index in [0.717, 1.165) is 49.8 Å². The Morgan fingerprint density at radius 2 is 2.10 bits per heavy atom. The number of amides is 1. The number of carbonyl (C=O) groups is 1. The van der Waals surface area contributed by atoms with E-state index in [1.54, 1.807) is 18.5 Å². The standard InChI is InChI=1S/C21H25N5O2S/c27-20(16-5-3-13-28-16)22-7-8-25-9-11-26(12-10-25)19-18-15-4-1-2-6-17(15)29-21(18)24-14-23-19/h3,5,13-14H,1-2,4,6-12H2,(H,22,27)/p+1. The van der Waals surface area contributed by atoms with Crippen LogP contribution in [0.15, 0.2) is 29.1 Å². The molecule has 1 saturated heterocycles. The van der Waals surface area contributed by atoms with Crippen molar-refractivity contribution in [2.24, 2.45) is 0 Å². The summed E-state index contributed by atoms with van der Waals surface area (Å²) in [6.45, 7) is 5.65. The Morgan fingerprint density at radius 1 is 1.24 bits per heavy atom. The average molecular weight is 413 g/mol. The number of hydrogen-bond acceptors (Lipinski definition) is 6. The lowest BCUT2D eigenvalue weighted by molar-refractivity contribution is -0.899. The van der Waals surface area contributed by atoms with Crippen molar-refractivity contribution in [1.82, 2.24) is 15.3 Å². The van der Waals surface area contributed by atoms with Gasteiger partial charge in [-0.1, -0.05) is 0 Å². The lowest BCUT2D eigenvalue weighted by Crippen LogP contribution is -3.15. The summed E-state index contributed by atoms with van der Waals surface area (Å²) in [5.41, 5.74) is 1.50. The van der Waals surface area contributed by atoms with Crippen LogP contribution in [0.4, 0.5) is 5.82 Å². The Morgan fingerprint density at radius 3 is 2.93 bits per heavy atom. The van der Waals surface area contributed by atoms with Crippen molar-refractivity contribution < 1.29 is 14.1 Å². The van der Waals surface area contributed by atoms with Crippen LogP contribution in [0.25, 0.3) is 10.2 Å². The third-order valence-electron chi connectivity index (χ3n) is 6.01. The van der Waals surface area contributed by atoms with Gasteiger partial charge in [0, 0.05) is 4.88 Å². The van der Waals surface area contributed by atoms with Crippen molar-refractivity contribution in [2.75, 3.05) is 44.2 Å². The molecule has 0 aromatic carbocycles. The number of thiophene rings is 1. The molecule has 0 saturated carbocycles. The van der Waals surface area contributed by atoms with Gasteiger partial charge in [0.25, 0.3) is 5.91 Å². The predicted molar refractivity (Wildman–Crippen MR) is 113 cm³/mol. The van der Waals surface area contributed by atoms with E-state index in [9.17, 15) is 4.79 Å². The summed E-state index contributed by atoms with van der Waals surface area (Å²) in [5, 5.41) is 4.25. The summed E-state index contributed by atoms with van der Waals surface area (Å²) >= 11 is 1.86. The second-order valence-corrected chi connectivity index (χ2v) is 8.89. The maximum atomic E-state index is 12.0. The van der Waals surface area contributed by atoms with Crippen molar-refractivity contribution in [3.05, 3.63) is 40.9 Å². The van der Waals surface area contributed by atoms with Crippen LogP contribution >= 0.6 is 11.3 Å². The monoisotopic (exact) mass is 412 g/mol. The summed E-state index contributed by atoms with van der Waals surface area (Å²) in [5.74, 6) is 1.36. The van der Waals surface area contributed by atoms with Crippen molar-refractivity contribution in [1.29, 1.82) is 0 Å². The fraction of sp³-hybridized carbons (Fsp3) is 0.476. The van der Waals surface area contributed by atoms with Crippen LogP contribution in [0.5, 0.6) is 0 Å². The lowest BCUT2D eigenvalue weighted by atomic mass is 9.97. The number of nitrogens with one attached hydrogen (secondary N) is 2. The number of nitrogens with zero attached hydrogens (tertiary/aromatic N) is 3. The lowest BCUT2D eigenvalue weighted by Gasteiger charge is -2.33. The Labute approximate surface area is 173 Å². The first-order valence-electron chi connectivity index (χ1n) is 10.4. The number of aryl methyl sites for hydroxylation is 2. The molecule has 0 bridgehead atoms. The first kappa shape index (κ1) is 18.6. The molecule has 1 aliphatic heterocycles. The normalized spacial score (nSPS) is 17.4. The van der Waals surface area contributed by atoms with Crippen LogP contribution in [0.2, 0.25) is 0 Å². The summed E-state index contributed by atoms with van der Waals surface area (Å²) in [4.78, 5) is 27.8. The highest BCUT2D eigenvalue weighted by Crippen LogP contribution is 2.39. The summed E-state index contributed by atoms with van der Waals surface area (Å²) in [6, 6.07) is 3.42. The number of quaternary nitrogens is 1. The number of fused-ring (bicyclic) bond motifs is 3. The molecule has 1 fully saturated rings. The van der Waals surface area contributed by atoms with Gasteiger partial charge in [-0.15, -0.1) is 11.3 Å². The molecule has 152 valence electrons. The van der Waals surface area contributed by atoms with Crippen LogP contribution in [0, 0.1) is 0 Å². The largest absolute Gasteiger partial charge is 0.459 e. The molecule has 4 heterocycles. The zero-order valence-electron chi connectivity index (χ0n) is 16.4. The molecule has 1 amide bonds. The number of hydrogen-bond donors (Lipinski definition) is 2. The second-order valence-electron chi connectivity index (χ2n) is 7.81. The van der Waals surface area contributed by atoms with E-state index in [4.69, 9.17) is 9.40 Å². The van der Waals surface area contributed by atoms with Gasteiger partial charge in [0.05, 0.1) is 50.9 Å². The molecule has 2 N–H and O–H groups in total. The Balaban J connectivity index is 1.20. The second kappa shape index (κ2) is 8.12. The molecule has 0 atom stereocenters. The highest BCUT2D eigenvalue weighted by molar-refractivity contribution is 7.19. The van der Waals surface area contributed by atoms with E-state index in [1.165, 1.54) is 46.3 Å². The van der Waals surface area contributed by atoms with Gasteiger partial charge in [-0.25, -0.2) is 9.97 Å². The quantitative estimate of drug-likeness (QED) is 0.661. The minimum atomic E-state index is -0.140. The first-order valence-corrected chi connectivity index (χ1v) is 11.3. The van der Waals surface area contributed by atoms with Gasteiger partial charge in [0.2, 0.25) is 0 Å². The van der Waals surface area contributed by atoms with E-state index >= 15 is 0 Å². The van der Waals surface area contributed by atoms with Crippen molar-refractivity contribution >= 4 is 33.3 Å². The third-order valence-corrected chi connectivity index (χ3v) is 7.21. The smallest absolute Gasteiger partial charge is 0.287 e. The molecule has 8 heteroatoms. The zero-order valence-corrected chi connectivity index (χ0v) is 17.3. The maximum absolute atomic E-state index is 12.0. The van der Waals surface area contributed by atoms with Gasteiger partial charge in [-0.2, -0.15) is 0 Å². The van der Waals surface area contributed by atoms with E-state index in [1.807, 2.05) is 11.3 Å². The highest BCUT2D eigenvalue weighted by Gasteiger charge is 2.26. The van der Waals surface area contributed by atoms with Gasteiger partial charge >= 0.3 is 0 Å². The average Bonchev–Trinajstić information content (AvgIpc) is 3.42. The van der Waals surface area contributed by atoms with Crippen LogP contribution in [0.3, 0.4) is 0 Å². The summed E-state index contributed by atoms with van der Waals surface area (Å²) < 4.78 is 5.13. The molecule has 0 spiro atoms. The van der Waals surface area contributed by atoms with Gasteiger partial charge < -0.3 is 19.5 Å². The number of anilines is 1. The first-order chi connectivity index (χ1) is 14.3. The van der Waals surface area contributed by atoms with Crippen LogP contribution in [-0.2, 0) is 12.8 Å². The molecular weight excluding hydrogens is 386 g/mol. The minimum absolute atomic E-state index is 0.140. The van der Waals surface area contributed by atoms with Crippen molar-refractivity contribution in [2.45, 2.75) is 25.7 Å². The van der Waals surface area contributed by atoms with Gasteiger partial charge in [0.1, 0.15) is 17.0 Å². The number of rotatable bonds is 5. The van der Waals surface area contributed by atoms with E-state index in [-0.39, 0.29) is 5.91 Å². The zero-order chi connectivity index (χ0) is 19.6. The third kappa shape index (κ3) is 3.74. The SMILES string of the molecule is O=C(NCC[NH+]1CCN(c2ncnc3sc4c(c23)CCCC4)CC1)c1ccco1. The maximum Gasteiger partial charge on any atom is 0.287 e. The minimum Gasteiger partial charge on any atom is -0.459 e. The summed E-state index contributed by atoms with van der Waals surface area (Å²) in [6.07, 6.45) is 8.17. The van der Waals surface area contributed by atoms with Crippen molar-refractivity contribution in [3.63, 3.8) is 0 Å². The molecule has 3 aromatic heterocycles. The topological polar surface area (TPSA) is 75.7 Å². The molecule has 5 rings (SSSR count). The molecule has 3 aromatic rings. The van der Waals surface area contributed by atoms with Gasteiger partial charge in [-0.3, -0.25) is 4.79 Å².